The lowest BCUT2D eigenvalue weighted by atomic mass is 9.96. The monoisotopic (exact) mass is 194 g/mol. The van der Waals surface area contributed by atoms with E-state index in [0.29, 0.717) is 0 Å². The topological polar surface area (TPSA) is 110 Å². The molecule has 0 saturated carbocycles. The summed E-state index contributed by atoms with van der Waals surface area (Å²) in [5, 5.41) is 45.6. The maximum absolute atomic E-state index is 9.29. The molecule has 1 fully saturated rings. The van der Waals surface area contributed by atoms with Gasteiger partial charge in [0, 0.05) is 0 Å². The van der Waals surface area contributed by atoms with Crippen molar-refractivity contribution in [1.82, 2.24) is 0 Å². The SMILES string of the molecule is C[C@@H](O)[C@H]1O[C@H](O)[C@@H](O)[C@@H](O)[C@@H]1O. The van der Waals surface area contributed by atoms with Crippen LogP contribution >= 0.6 is 0 Å². The third-order valence-electron chi connectivity index (χ3n) is 2.10. The number of hydrogen-bond acceptors (Lipinski definition) is 6. The van der Waals surface area contributed by atoms with Gasteiger partial charge in [0.25, 0.3) is 0 Å². The van der Waals surface area contributed by atoms with Gasteiger partial charge in [-0.3, -0.25) is 0 Å². The van der Waals surface area contributed by atoms with Crippen LogP contribution in [0.5, 0.6) is 0 Å². The fourth-order valence-corrected chi connectivity index (χ4v) is 1.29. The largest absolute Gasteiger partial charge is 0.391 e. The maximum Gasteiger partial charge on any atom is 0.184 e. The molecule has 0 amide bonds. The Balaban J connectivity index is 2.70. The molecule has 0 bridgehead atoms. The molecular weight excluding hydrogens is 180 g/mol. The molecule has 6 heteroatoms. The molecule has 6 atom stereocenters. The Hall–Kier alpha value is -0.240. The van der Waals surface area contributed by atoms with Gasteiger partial charge in [0.05, 0.1) is 6.10 Å². The molecule has 1 heterocycles. The number of aliphatic hydroxyl groups is 5. The van der Waals surface area contributed by atoms with Gasteiger partial charge >= 0.3 is 0 Å². The van der Waals surface area contributed by atoms with E-state index >= 15 is 0 Å². The second kappa shape index (κ2) is 3.87. The molecule has 6 nitrogen and oxygen atoms in total. The highest BCUT2D eigenvalue weighted by Gasteiger charge is 2.44. The molecule has 0 aliphatic carbocycles. The van der Waals surface area contributed by atoms with Crippen LogP contribution in [0.15, 0.2) is 0 Å². The summed E-state index contributed by atoms with van der Waals surface area (Å²) < 4.78 is 4.69. The van der Waals surface area contributed by atoms with E-state index in [1.54, 1.807) is 0 Å². The van der Waals surface area contributed by atoms with Crippen LogP contribution in [0.2, 0.25) is 0 Å². The highest BCUT2D eigenvalue weighted by atomic mass is 16.6. The Morgan fingerprint density at radius 3 is 2.00 bits per heavy atom. The molecular formula is C7H14O6. The Bertz CT molecular complexity index is 172. The van der Waals surface area contributed by atoms with Crippen LogP contribution in [-0.2, 0) is 4.74 Å². The van der Waals surface area contributed by atoms with Crippen molar-refractivity contribution in [3.8, 4) is 0 Å². The van der Waals surface area contributed by atoms with Crippen molar-refractivity contribution in [2.24, 2.45) is 0 Å². The molecule has 0 unspecified atom stereocenters. The van der Waals surface area contributed by atoms with Crippen LogP contribution < -0.4 is 0 Å². The van der Waals surface area contributed by atoms with Crippen molar-refractivity contribution >= 4 is 0 Å². The minimum absolute atomic E-state index is 1.04. The minimum Gasteiger partial charge on any atom is -0.391 e. The van der Waals surface area contributed by atoms with Crippen LogP contribution in [0.1, 0.15) is 6.92 Å². The molecule has 5 N–H and O–H groups in total. The standard InChI is InChI=1S/C7H14O6/c1-2(8)6-4(10)3(9)5(11)7(12)13-6/h2-12H,1H3/t2-,3+,4+,5+,6-,7+/m1/s1. The smallest absolute Gasteiger partial charge is 0.184 e. The van der Waals surface area contributed by atoms with Crippen LogP contribution in [0.25, 0.3) is 0 Å². The third kappa shape index (κ3) is 1.98. The van der Waals surface area contributed by atoms with Gasteiger partial charge in [0.2, 0.25) is 0 Å². The van der Waals surface area contributed by atoms with Gasteiger partial charge < -0.3 is 30.3 Å². The first-order valence-electron chi connectivity index (χ1n) is 4.01. The fourth-order valence-electron chi connectivity index (χ4n) is 1.29. The van der Waals surface area contributed by atoms with Crippen molar-refractivity contribution in [1.29, 1.82) is 0 Å². The predicted molar refractivity (Wildman–Crippen MR) is 40.6 cm³/mol. The van der Waals surface area contributed by atoms with Gasteiger partial charge in [0.15, 0.2) is 6.29 Å². The molecule has 0 aromatic heterocycles. The van der Waals surface area contributed by atoms with Crippen molar-refractivity contribution in [2.45, 2.75) is 43.7 Å². The zero-order valence-corrected chi connectivity index (χ0v) is 7.11. The number of hydrogen-bond donors (Lipinski definition) is 5. The molecule has 1 aliphatic rings. The zero-order valence-electron chi connectivity index (χ0n) is 7.11. The lowest BCUT2D eigenvalue weighted by Gasteiger charge is -2.39. The highest BCUT2D eigenvalue weighted by molar-refractivity contribution is 4.90. The van der Waals surface area contributed by atoms with Gasteiger partial charge in [-0.2, -0.15) is 0 Å². The molecule has 1 saturated heterocycles. The van der Waals surface area contributed by atoms with Gasteiger partial charge in [0.1, 0.15) is 24.4 Å². The summed E-state index contributed by atoms with van der Waals surface area (Å²) >= 11 is 0. The summed E-state index contributed by atoms with van der Waals surface area (Å²) in [6, 6.07) is 0. The molecule has 1 rings (SSSR count). The van der Waals surface area contributed by atoms with Crippen LogP contribution in [-0.4, -0.2) is 62.3 Å². The van der Waals surface area contributed by atoms with Crippen molar-refractivity contribution < 1.29 is 30.3 Å². The van der Waals surface area contributed by atoms with E-state index in [0.717, 1.165) is 0 Å². The predicted octanol–water partition coefficient (Wildman–Crippen LogP) is -2.83. The molecule has 0 aromatic rings. The first-order chi connectivity index (χ1) is 5.95. The van der Waals surface area contributed by atoms with Gasteiger partial charge in [-0.25, -0.2) is 0 Å². The molecule has 78 valence electrons. The number of aliphatic hydroxyl groups excluding tert-OH is 5. The molecule has 1 aliphatic heterocycles. The summed E-state index contributed by atoms with van der Waals surface area (Å²) in [6.45, 7) is 1.35. The van der Waals surface area contributed by atoms with E-state index in [9.17, 15) is 10.2 Å². The molecule has 0 radical (unpaired) electrons. The fraction of sp³-hybridized carbons (Fsp3) is 1.00. The van der Waals surface area contributed by atoms with E-state index in [1.807, 2.05) is 0 Å². The second-order valence-corrected chi connectivity index (χ2v) is 3.20. The molecule has 0 aromatic carbocycles. The Morgan fingerprint density at radius 1 is 1.00 bits per heavy atom. The average molecular weight is 194 g/mol. The van der Waals surface area contributed by atoms with E-state index < -0.39 is 36.8 Å². The Kier molecular flexibility index (Phi) is 3.23. The minimum atomic E-state index is -1.59. The second-order valence-electron chi connectivity index (χ2n) is 3.20. The lowest BCUT2D eigenvalue weighted by molar-refractivity contribution is -0.295. The Labute approximate surface area is 75.0 Å². The summed E-state index contributed by atoms with van der Waals surface area (Å²) in [5.41, 5.74) is 0. The van der Waals surface area contributed by atoms with E-state index in [-0.39, 0.29) is 0 Å². The number of ether oxygens (including phenoxy) is 1. The first kappa shape index (κ1) is 10.8. The molecule has 13 heavy (non-hydrogen) atoms. The van der Waals surface area contributed by atoms with Gasteiger partial charge in [-0.15, -0.1) is 0 Å². The maximum atomic E-state index is 9.29. The Morgan fingerprint density at radius 2 is 1.54 bits per heavy atom. The van der Waals surface area contributed by atoms with Crippen LogP contribution in [0, 0.1) is 0 Å². The van der Waals surface area contributed by atoms with E-state index in [2.05, 4.69) is 4.74 Å². The summed E-state index contributed by atoms with van der Waals surface area (Å²) in [4.78, 5) is 0. The third-order valence-corrected chi connectivity index (χ3v) is 2.10. The van der Waals surface area contributed by atoms with Gasteiger partial charge in [-0.05, 0) is 6.92 Å². The first-order valence-corrected chi connectivity index (χ1v) is 4.01. The summed E-state index contributed by atoms with van der Waals surface area (Å²) in [7, 11) is 0. The number of rotatable bonds is 1. The van der Waals surface area contributed by atoms with Crippen LogP contribution in [0.4, 0.5) is 0 Å². The van der Waals surface area contributed by atoms with Crippen molar-refractivity contribution in [3.63, 3.8) is 0 Å². The molecule has 0 spiro atoms. The van der Waals surface area contributed by atoms with Gasteiger partial charge in [-0.1, -0.05) is 0 Å². The summed E-state index contributed by atoms with van der Waals surface area (Å²) in [6.07, 6.45) is -8.18. The summed E-state index contributed by atoms with van der Waals surface area (Å²) in [5.74, 6) is 0. The highest BCUT2D eigenvalue weighted by Crippen LogP contribution is 2.21. The van der Waals surface area contributed by atoms with E-state index in [1.165, 1.54) is 6.92 Å². The van der Waals surface area contributed by atoms with E-state index in [4.69, 9.17) is 15.3 Å². The van der Waals surface area contributed by atoms with Crippen molar-refractivity contribution in [3.05, 3.63) is 0 Å². The zero-order chi connectivity index (χ0) is 10.2. The van der Waals surface area contributed by atoms with Crippen molar-refractivity contribution in [2.75, 3.05) is 0 Å². The normalized spacial score (nSPS) is 48.9. The quantitative estimate of drug-likeness (QED) is 0.308. The van der Waals surface area contributed by atoms with Crippen LogP contribution in [0.3, 0.4) is 0 Å². The average Bonchev–Trinajstić information content (AvgIpc) is 2.07. The lowest BCUT2D eigenvalue weighted by Crippen LogP contribution is -2.60.